The van der Waals surface area contributed by atoms with Gasteiger partial charge in [0.1, 0.15) is 5.56 Å². The molecule has 0 radical (unpaired) electrons. The number of hydrogen-bond donors (Lipinski definition) is 1. The fraction of sp³-hybridized carbons (Fsp3) is 0.444. The van der Waals surface area contributed by atoms with Gasteiger partial charge in [0.05, 0.1) is 16.8 Å². The molecule has 1 aromatic heterocycles. The predicted octanol–water partition coefficient (Wildman–Crippen LogP) is 1.54. The number of aromatic hydroxyl groups is 1. The molecule has 1 N–H and O–H groups in total. The third-order valence-electron chi connectivity index (χ3n) is 4.41. The first-order valence-corrected chi connectivity index (χ1v) is 10.3. The zero-order chi connectivity index (χ0) is 20.4. The van der Waals surface area contributed by atoms with Crippen LogP contribution < -0.4 is 4.90 Å². The second-order valence-electron chi connectivity index (χ2n) is 6.46. The molecule has 27 heavy (non-hydrogen) atoms. The molecule has 8 nitrogen and oxygen atoms in total. The van der Waals surface area contributed by atoms with Gasteiger partial charge in [-0.3, -0.25) is 4.79 Å². The lowest BCUT2D eigenvalue weighted by molar-refractivity contribution is 0.103. The number of ether oxygens (including phenoxy) is 1. The van der Waals surface area contributed by atoms with Crippen molar-refractivity contribution < 1.29 is 23.1 Å². The maximum absolute atomic E-state index is 12.9. The van der Waals surface area contributed by atoms with E-state index in [4.69, 9.17) is 4.74 Å². The van der Waals surface area contributed by atoms with Gasteiger partial charge in [-0.1, -0.05) is 0 Å². The first-order valence-electron chi connectivity index (χ1n) is 8.39. The van der Waals surface area contributed by atoms with Crippen molar-refractivity contribution in [3.63, 3.8) is 0 Å². The van der Waals surface area contributed by atoms with Gasteiger partial charge in [0.2, 0.25) is 5.88 Å². The average Bonchev–Trinajstić information content (AvgIpc) is 2.92. The fourth-order valence-corrected chi connectivity index (χ4v) is 3.96. The molecule has 0 saturated carbocycles. The Kier molecular flexibility index (Phi) is 6.27. The van der Waals surface area contributed by atoms with Crippen LogP contribution in [0.25, 0.3) is 0 Å². The summed E-state index contributed by atoms with van der Waals surface area (Å²) in [6.07, 6.45) is 3.14. The van der Waals surface area contributed by atoms with Crippen LogP contribution in [0.2, 0.25) is 0 Å². The van der Waals surface area contributed by atoms with Gasteiger partial charge in [-0.15, -0.1) is 0 Å². The maximum atomic E-state index is 12.9. The highest BCUT2D eigenvalue weighted by Gasteiger charge is 2.25. The van der Waals surface area contributed by atoms with E-state index in [0.29, 0.717) is 36.4 Å². The van der Waals surface area contributed by atoms with E-state index in [1.807, 2.05) is 4.90 Å². The lowest BCUT2D eigenvalue weighted by Crippen LogP contribution is -2.24. The van der Waals surface area contributed by atoms with Gasteiger partial charge in [0, 0.05) is 46.2 Å². The van der Waals surface area contributed by atoms with Crippen LogP contribution in [0, 0.1) is 6.92 Å². The molecule has 2 rings (SSSR count). The van der Waals surface area contributed by atoms with Crippen LogP contribution in [0.5, 0.6) is 5.88 Å². The number of methoxy groups -OCH3 is 1. The van der Waals surface area contributed by atoms with Crippen molar-refractivity contribution in [1.29, 1.82) is 0 Å². The molecule has 1 heterocycles. The Morgan fingerprint density at radius 2 is 2.00 bits per heavy atom. The molecule has 0 amide bonds. The minimum atomic E-state index is -3.49. The molecular weight excluding hydrogens is 370 g/mol. The smallest absolute Gasteiger partial charge is 0.220 e. The summed E-state index contributed by atoms with van der Waals surface area (Å²) < 4.78 is 30.8. The molecule has 0 unspecified atom stereocenters. The van der Waals surface area contributed by atoms with Crippen molar-refractivity contribution in [2.75, 3.05) is 38.5 Å². The number of ketones is 1. The first kappa shape index (κ1) is 20.9. The summed E-state index contributed by atoms with van der Waals surface area (Å²) in [5.74, 6) is -0.647. The van der Waals surface area contributed by atoms with Crippen LogP contribution >= 0.6 is 0 Å². The Bertz CT molecular complexity index is 950. The lowest BCUT2D eigenvalue weighted by Gasteiger charge is -2.25. The SMILES string of the molecule is COCCCN(C)c1c(S(C)(=O)=O)ccc(C(=O)c2cnn(C)c2O)c1C. The second-order valence-corrected chi connectivity index (χ2v) is 8.44. The number of sulfone groups is 1. The van der Waals surface area contributed by atoms with E-state index in [0.717, 1.165) is 6.26 Å². The summed E-state index contributed by atoms with van der Waals surface area (Å²) in [7, 11) is 1.42. The van der Waals surface area contributed by atoms with Crippen LogP contribution in [0.4, 0.5) is 5.69 Å². The molecule has 9 heteroatoms. The summed E-state index contributed by atoms with van der Waals surface area (Å²) >= 11 is 0. The first-order chi connectivity index (χ1) is 12.6. The van der Waals surface area contributed by atoms with Crippen LogP contribution in [0.3, 0.4) is 0 Å². The Morgan fingerprint density at radius 1 is 1.33 bits per heavy atom. The Morgan fingerprint density at radius 3 is 2.52 bits per heavy atom. The Hall–Kier alpha value is -2.39. The maximum Gasteiger partial charge on any atom is 0.220 e. The molecule has 0 fully saturated rings. The van der Waals surface area contributed by atoms with E-state index in [-0.39, 0.29) is 16.3 Å². The lowest BCUT2D eigenvalue weighted by atomic mass is 9.98. The number of aromatic nitrogens is 2. The van der Waals surface area contributed by atoms with Crippen molar-refractivity contribution in [1.82, 2.24) is 9.78 Å². The topological polar surface area (TPSA) is 102 Å². The number of carbonyl (C=O) groups is 1. The van der Waals surface area contributed by atoms with Crippen molar-refractivity contribution in [3.05, 3.63) is 35.0 Å². The van der Waals surface area contributed by atoms with Gasteiger partial charge >= 0.3 is 0 Å². The second kappa shape index (κ2) is 8.10. The van der Waals surface area contributed by atoms with Crippen molar-refractivity contribution in [3.8, 4) is 5.88 Å². The monoisotopic (exact) mass is 395 g/mol. The van der Waals surface area contributed by atoms with E-state index in [2.05, 4.69) is 5.10 Å². The summed E-state index contributed by atoms with van der Waals surface area (Å²) in [6.45, 7) is 2.81. The average molecular weight is 395 g/mol. The standard InChI is InChI=1S/C18H25N3O5S/c1-12-13(17(22)14-11-19-21(3)18(14)23)7-8-15(27(5,24)25)16(12)20(2)9-6-10-26-4/h7-8,11,23H,6,9-10H2,1-5H3. The van der Waals surface area contributed by atoms with Crippen LogP contribution in [0.15, 0.2) is 23.2 Å². The van der Waals surface area contributed by atoms with Crippen molar-refractivity contribution in [2.45, 2.75) is 18.2 Å². The molecule has 0 bridgehead atoms. The number of anilines is 1. The Balaban J connectivity index is 2.57. The van der Waals surface area contributed by atoms with E-state index in [1.165, 1.54) is 30.1 Å². The zero-order valence-electron chi connectivity index (χ0n) is 16.2. The molecule has 0 aliphatic heterocycles. The molecule has 0 spiro atoms. The number of rotatable bonds is 8. The third kappa shape index (κ3) is 4.30. The number of benzene rings is 1. The quantitative estimate of drug-likeness (QED) is 0.534. The molecular formula is C18H25N3O5S. The molecule has 148 valence electrons. The summed E-state index contributed by atoms with van der Waals surface area (Å²) in [4.78, 5) is 14.9. The molecule has 1 aromatic carbocycles. The van der Waals surface area contributed by atoms with Gasteiger partial charge in [-0.25, -0.2) is 13.1 Å². The third-order valence-corrected chi connectivity index (χ3v) is 5.54. The predicted molar refractivity (Wildman–Crippen MR) is 102 cm³/mol. The highest BCUT2D eigenvalue weighted by Crippen LogP contribution is 2.33. The summed E-state index contributed by atoms with van der Waals surface area (Å²) in [5, 5.41) is 13.9. The van der Waals surface area contributed by atoms with Gasteiger partial charge < -0.3 is 14.7 Å². The molecule has 0 aliphatic carbocycles. The Labute approximate surface area is 159 Å². The minimum absolute atomic E-state index is 0.0701. The number of carbonyl (C=O) groups excluding carboxylic acids is 1. The number of aryl methyl sites for hydroxylation is 1. The van der Waals surface area contributed by atoms with Crippen LogP contribution in [-0.4, -0.2) is 62.7 Å². The molecule has 0 atom stereocenters. The van der Waals surface area contributed by atoms with Gasteiger partial charge in [-0.05, 0) is 31.0 Å². The minimum Gasteiger partial charge on any atom is -0.493 e. The van der Waals surface area contributed by atoms with Crippen LogP contribution in [-0.2, 0) is 21.6 Å². The van der Waals surface area contributed by atoms with E-state index in [1.54, 1.807) is 21.1 Å². The van der Waals surface area contributed by atoms with Gasteiger partial charge in [-0.2, -0.15) is 5.10 Å². The van der Waals surface area contributed by atoms with Crippen molar-refractivity contribution >= 4 is 21.3 Å². The molecule has 2 aromatic rings. The van der Waals surface area contributed by atoms with E-state index < -0.39 is 15.6 Å². The van der Waals surface area contributed by atoms with Gasteiger partial charge in [0.25, 0.3) is 0 Å². The van der Waals surface area contributed by atoms with Crippen LogP contribution in [0.1, 0.15) is 27.9 Å². The van der Waals surface area contributed by atoms with Crippen molar-refractivity contribution in [2.24, 2.45) is 7.05 Å². The largest absolute Gasteiger partial charge is 0.493 e. The van der Waals surface area contributed by atoms with Gasteiger partial charge in [0.15, 0.2) is 15.6 Å². The molecule has 0 saturated heterocycles. The molecule has 0 aliphatic rings. The number of hydrogen-bond acceptors (Lipinski definition) is 7. The van der Waals surface area contributed by atoms with E-state index >= 15 is 0 Å². The highest BCUT2D eigenvalue weighted by molar-refractivity contribution is 7.90. The fourth-order valence-electron chi connectivity index (χ4n) is 2.99. The summed E-state index contributed by atoms with van der Waals surface area (Å²) in [6, 6.07) is 2.91. The normalized spacial score (nSPS) is 11.6. The van der Waals surface area contributed by atoms with E-state index in [9.17, 15) is 18.3 Å². The summed E-state index contributed by atoms with van der Waals surface area (Å²) in [5.41, 5.74) is 1.40. The highest BCUT2D eigenvalue weighted by atomic mass is 32.2. The number of nitrogens with zero attached hydrogens (tertiary/aromatic N) is 3. The zero-order valence-corrected chi connectivity index (χ0v) is 17.0.